The molecule has 0 atom stereocenters. The van der Waals surface area contributed by atoms with Crippen molar-refractivity contribution in [3.8, 4) is 16.9 Å². The highest BCUT2D eigenvalue weighted by atomic mass is 19.1. The number of rotatable bonds is 7. The Morgan fingerprint density at radius 3 is 2.35 bits per heavy atom. The zero-order valence-electron chi connectivity index (χ0n) is 19.5. The van der Waals surface area contributed by atoms with Crippen molar-refractivity contribution < 1.29 is 18.7 Å². The fourth-order valence-electron chi connectivity index (χ4n) is 4.13. The molecule has 0 radical (unpaired) electrons. The molecule has 1 amide bonds. The first-order chi connectivity index (χ1) is 16.5. The van der Waals surface area contributed by atoms with Gasteiger partial charge >= 0.3 is 5.97 Å². The number of ether oxygens (including phenoxy) is 1. The molecular formula is C26H29FN4O3. The molecule has 1 aliphatic rings. The Bertz CT molecular complexity index is 1150. The number of nitrogens with zero attached hydrogens (tertiary/aromatic N) is 4. The second-order valence-corrected chi connectivity index (χ2v) is 8.19. The molecule has 1 fully saturated rings. The molecule has 2 aromatic carbocycles. The maximum absolute atomic E-state index is 13.9. The van der Waals surface area contributed by atoms with Crippen molar-refractivity contribution in [3.63, 3.8) is 0 Å². The van der Waals surface area contributed by atoms with Crippen LogP contribution in [0.3, 0.4) is 0 Å². The summed E-state index contributed by atoms with van der Waals surface area (Å²) in [6.07, 6.45) is 1.46. The lowest BCUT2D eigenvalue weighted by Crippen LogP contribution is -2.48. The molecule has 178 valence electrons. The van der Waals surface area contributed by atoms with Gasteiger partial charge in [0.2, 0.25) is 5.91 Å². The van der Waals surface area contributed by atoms with Gasteiger partial charge in [-0.15, -0.1) is 0 Å². The third kappa shape index (κ3) is 5.11. The Morgan fingerprint density at radius 1 is 0.971 bits per heavy atom. The number of hydrogen-bond donors (Lipinski definition) is 0. The lowest BCUT2D eigenvalue weighted by molar-refractivity contribution is -0.131. The SMILES string of the molecule is CCCC(=O)N1CCN(c2ccc(-c3cc(C(=O)OCC)nn3-c3cccc(F)c3)cc2)CC1. The van der Waals surface area contributed by atoms with Crippen LogP contribution in [0.25, 0.3) is 16.9 Å². The molecule has 0 saturated carbocycles. The van der Waals surface area contributed by atoms with Gasteiger partial charge in [-0.25, -0.2) is 13.9 Å². The van der Waals surface area contributed by atoms with Crippen LogP contribution in [0.5, 0.6) is 0 Å². The summed E-state index contributed by atoms with van der Waals surface area (Å²) < 4.78 is 20.6. The Labute approximate surface area is 198 Å². The van der Waals surface area contributed by atoms with Gasteiger partial charge in [-0.05, 0) is 49.7 Å². The maximum Gasteiger partial charge on any atom is 0.358 e. The quantitative estimate of drug-likeness (QED) is 0.488. The first-order valence-electron chi connectivity index (χ1n) is 11.7. The van der Waals surface area contributed by atoms with Gasteiger partial charge in [0.25, 0.3) is 0 Å². The lowest BCUT2D eigenvalue weighted by atomic mass is 10.1. The van der Waals surface area contributed by atoms with E-state index in [2.05, 4.69) is 10.00 Å². The van der Waals surface area contributed by atoms with Crippen LogP contribution in [0, 0.1) is 5.82 Å². The molecule has 8 heteroatoms. The van der Waals surface area contributed by atoms with Gasteiger partial charge in [0.05, 0.1) is 18.0 Å². The number of esters is 1. The zero-order valence-corrected chi connectivity index (χ0v) is 19.5. The summed E-state index contributed by atoms with van der Waals surface area (Å²) in [5.74, 6) is -0.685. The predicted octanol–water partition coefficient (Wildman–Crippen LogP) is 4.30. The van der Waals surface area contributed by atoms with Gasteiger partial charge in [-0.1, -0.05) is 25.1 Å². The number of piperazine rings is 1. The highest BCUT2D eigenvalue weighted by Gasteiger charge is 2.22. The van der Waals surface area contributed by atoms with Crippen LogP contribution in [-0.2, 0) is 9.53 Å². The highest BCUT2D eigenvalue weighted by Crippen LogP contribution is 2.27. The van der Waals surface area contributed by atoms with Gasteiger partial charge in [0, 0.05) is 43.9 Å². The lowest BCUT2D eigenvalue weighted by Gasteiger charge is -2.36. The van der Waals surface area contributed by atoms with E-state index in [-0.39, 0.29) is 24.0 Å². The predicted molar refractivity (Wildman–Crippen MR) is 129 cm³/mol. The molecule has 3 aromatic rings. The second kappa shape index (κ2) is 10.5. The molecule has 0 N–H and O–H groups in total. The van der Waals surface area contributed by atoms with Crippen LogP contribution >= 0.6 is 0 Å². The summed E-state index contributed by atoms with van der Waals surface area (Å²) in [6, 6.07) is 15.7. The van der Waals surface area contributed by atoms with Crippen molar-refractivity contribution in [2.75, 3.05) is 37.7 Å². The van der Waals surface area contributed by atoms with Gasteiger partial charge in [-0.2, -0.15) is 5.10 Å². The minimum absolute atomic E-state index is 0.165. The number of benzene rings is 2. The topological polar surface area (TPSA) is 67.7 Å². The van der Waals surface area contributed by atoms with E-state index in [9.17, 15) is 14.0 Å². The smallest absolute Gasteiger partial charge is 0.358 e. The minimum atomic E-state index is -0.522. The van der Waals surface area contributed by atoms with E-state index in [0.717, 1.165) is 43.9 Å². The molecule has 4 rings (SSSR count). The van der Waals surface area contributed by atoms with Crippen molar-refractivity contribution in [1.29, 1.82) is 0 Å². The number of amides is 1. The van der Waals surface area contributed by atoms with Crippen molar-refractivity contribution in [2.45, 2.75) is 26.7 Å². The largest absolute Gasteiger partial charge is 0.461 e. The molecule has 7 nitrogen and oxygen atoms in total. The average Bonchev–Trinajstić information content (AvgIpc) is 3.30. The fourth-order valence-corrected chi connectivity index (χ4v) is 4.13. The maximum atomic E-state index is 13.9. The molecule has 0 bridgehead atoms. The Kier molecular flexibility index (Phi) is 7.25. The molecule has 0 spiro atoms. The van der Waals surface area contributed by atoms with Crippen molar-refractivity contribution >= 4 is 17.6 Å². The number of hydrogen-bond acceptors (Lipinski definition) is 5. The van der Waals surface area contributed by atoms with Crippen LogP contribution in [0.1, 0.15) is 37.2 Å². The van der Waals surface area contributed by atoms with E-state index in [1.165, 1.54) is 12.1 Å². The zero-order chi connectivity index (χ0) is 24.1. The van der Waals surface area contributed by atoms with Crippen LogP contribution < -0.4 is 4.90 Å². The van der Waals surface area contributed by atoms with E-state index in [4.69, 9.17) is 4.74 Å². The summed E-state index contributed by atoms with van der Waals surface area (Å²) in [7, 11) is 0. The standard InChI is InChI=1S/C26H29FN4O3/c1-3-6-25(32)30-15-13-29(14-16-30)21-11-9-19(10-12-21)24-18-23(26(33)34-4-2)28-31(24)22-8-5-7-20(27)17-22/h5,7-12,17-18H,3-4,6,13-16H2,1-2H3. The third-order valence-electron chi connectivity index (χ3n) is 5.87. The van der Waals surface area contributed by atoms with E-state index >= 15 is 0 Å². The Balaban J connectivity index is 1.57. The van der Waals surface area contributed by atoms with Gasteiger partial charge < -0.3 is 14.5 Å². The fraction of sp³-hybridized carbons (Fsp3) is 0.346. The molecule has 1 aliphatic heterocycles. The van der Waals surface area contributed by atoms with Gasteiger partial charge in [-0.3, -0.25) is 4.79 Å². The molecule has 1 aromatic heterocycles. The summed E-state index contributed by atoms with van der Waals surface area (Å²) in [4.78, 5) is 28.6. The summed E-state index contributed by atoms with van der Waals surface area (Å²) in [5, 5.41) is 4.40. The monoisotopic (exact) mass is 464 g/mol. The first-order valence-corrected chi connectivity index (χ1v) is 11.7. The van der Waals surface area contributed by atoms with E-state index < -0.39 is 5.97 Å². The summed E-state index contributed by atoms with van der Waals surface area (Å²) in [6.45, 7) is 7.00. The minimum Gasteiger partial charge on any atom is -0.461 e. The van der Waals surface area contributed by atoms with Crippen LogP contribution in [0.2, 0.25) is 0 Å². The van der Waals surface area contributed by atoms with Gasteiger partial charge in [0.15, 0.2) is 5.69 Å². The van der Waals surface area contributed by atoms with Crippen molar-refractivity contribution in [1.82, 2.24) is 14.7 Å². The molecule has 2 heterocycles. The third-order valence-corrected chi connectivity index (χ3v) is 5.87. The number of aromatic nitrogens is 2. The molecule has 34 heavy (non-hydrogen) atoms. The molecule has 0 unspecified atom stereocenters. The number of anilines is 1. The van der Waals surface area contributed by atoms with Crippen molar-refractivity contribution in [3.05, 3.63) is 66.1 Å². The first kappa shape index (κ1) is 23.5. The van der Waals surface area contributed by atoms with Crippen LogP contribution in [-0.4, -0.2) is 59.3 Å². The summed E-state index contributed by atoms with van der Waals surface area (Å²) >= 11 is 0. The molecule has 0 aliphatic carbocycles. The van der Waals surface area contributed by atoms with E-state index in [1.807, 2.05) is 36.1 Å². The van der Waals surface area contributed by atoms with Crippen LogP contribution in [0.15, 0.2) is 54.6 Å². The molecule has 1 saturated heterocycles. The number of halogens is 1. The van der Waals surface area contributed by atoms with Crippen LogP contribution in [0.4, 0.5) is 10.1 Å². The number of carbonyl (C=O) groups excluding carboxylic acids is 2. The average molecular weight is 465 g/mol. The van der Waals surface area contributed by atoms with E-state index in [0.29, 0.717) is 17.8 Å². The number of carbonyl (C=O) groups is 2. The Hall–Kier alpha value is -3.68. The highest BCUT2D eigenvalue weighted by molar-refractivity contribution is 5.89. The summed E-state index contributed by atoms with van der Waals surface area (Å²) in [5.41, 5.74) is 3.25. The van der Waals surface area contributed by atoms with Crippen molar-refractivity contribution in [2.24, 2.45) is 0 Å². The van der Waals surface area contributed by atoms with Gasteiger partial charge in [0.1, 0.15) is 5.82 Å². The molecular weight excluding hydrogens is 435 g/mol. The Morgan fingerprint density at radius 2 is 1.71 bits per heavy atom. The normalized spacial score (nSPS) is 13.7. The van der Waals surface area contributed by atoms with E-state index in [1.54, 1.807) is 29.8 Å². The second-order valence-electron chi connectivity index (χ2n) is 8.19.